The van der Waals surface area contributed by atoms with Gasteiger partial charge in [0.05, 0.1) is 13.2 Å². The van der Waals surface area contributed by atoms with Gasteiger partial charge in [-0.15, -0.1) is 24.0 Å². The third-order valence-electron chi connectivity index (χ3n) is 6.13. The summed E-state index contributed by atoms with van der Waals surface area (Å²) in [6, 6.07) is 0.447. The number of ether oxygens (including phenoxy) is 1. The first-order chi connectivity index (χ1) is 14.2. The number of carbonyl (C=O) groups excluding carboxylic acids is 1. The van der Waals surface area contributed by atoms with Gasteiger partial charge in [-0.1, -0.05) is 0 Å². The minimum Gasteiger partial charge on any atom is -0.383 e. The number of guanidine groups is 1. The summed E-state index contributed by atoms with van der Waals surface area (Å²) >= 11 is 0. The first kappa shape index (κ1) is 25.6. The molecule has 30 heavy (non-hydrogen) atoms. The number of hydrogen-bond donors (Lipinski definition) is 2. The Morgan fingerprint density at radius 3 is 2.33 bits per heavy atom. The van der Waals surface area contributed by atoms with Gasteiger partial charge in [-0.05, 0) is 51.6 Å². The van der Waals surface area contributed by atoms with Crippen molar-refractivity contribution in [1.29, 1.82) is 0 Å². The van der Waals surface area contributed by atoms with E-state index in [1.807, 2.05) is 0 Å². The fourth-order valence-electron chi connectivity index (χ4n) is 4.08. The summed E-state index contributed by atoms with van der Waals surface area (Å²) in [5.74, 6) is 1.89. The molecule has 1 saturated carbocycles. The van der Waals surface area contributed by atoms with E-state index in [-0.39, 0.29) is 29.9 Å². The summed E-state index contributed by atoms with van der Waals surface area (Å²) in [4.78, 5) is 24.1. The van der Waals surface area contributed by atoms with Crippen molar-refractivity contribution in [2.24, 2.45) is 10.9 Å². The maximum absolute atomic E-state index is 12.0. The molecule has 3 aliphatic rings. The van der Waals surface area contributed by atoms with Crippen molar-refractivity contribution < 1.29 is 9.53 Å². The maximum Gasteiger partial charge on any atom is 0.234 e. The number of piperidine rings is 1. The zero-order valence-electron chi connectivity index (χ0n) is 18.8. The standard InChI is InChI=1S/C21H40N6O2.HI/c1-3-22-21(23-16-18-6-8-25(9-7-18)14-15-29-2)27-12-10-26(11-13-27)17-20(28)24-19-4-5-19;/h18-19H,3-17H2,1-2H3,(H,22,23)(H,24,28);1H. The highest BCUT2D eigenvalue weighted by Crippen LogP contribution is 2.19. The number of piperazine rings is 1. The molecule has 2 saturated heterocycles. The predicted octanol–water partition coefficient (Wildman–Crippen LogP) is 0.825. The number of carbonyl (C=O) groups is 1. The number of methoxy groups -OCH3 is 1. The van der Waals surface area contributed by atoms with Crippen LogP contribution in [-0.4, -0.2) is 112 Å². The monoisotopic (exact) mass is 536 g/mol. The second-order valence-corrected chi connectivity index (χ2v) is 8.58. The van der Waals surface area contributed by atoms with Crippen LogP contribution in [0, 0.1) is 5.92 Å². The highest BCUT2D eigenvalue weighted by atomic mass is 127. The van der Waals surface area contributed by atoms with E-state index in [2.05, 4.69) is 32.3 Å². The number of rotatable bonds is 9. The Morgan fingerprint density at radius 1 is 1.03 bits per heavy atom. The molecule has 0 bridgehead atoms. The number of amides is 1. The van der Waals surface area contributed by atoms with E-state index in [1.54, 1.807) is 7.11 Å². The van der Waals surface area contributed by atoms with Gasteiger partial charge in [-0.3, -0.25) is 14.7 Å². The molecule has 2 N–H and O–H groups in total. The van der Waals surface area contributed by atoms with Gasteiger partial charge >= 0.3 is 0 Å². The molecule has 8 nitrogen and oxygen atoms in total. The topological polar surface area (TPSA) is 72.4 Å². The molecule has 1 aliphatic carbocycles. The van der Waals surface area contributed by atoms with Gasteiger partial charge in [-0.25, -0.2) is 0 Å². The summed E-state index contributed by atoms with van der Waals surface area (Å²) in [6.07, 6.45) is 4.73. The number of nitrogens with one attached hydrogen (secondary N) is 2. The van der Waals surface area contributed by atoms with Crippen LogP contribution in [0.1, 0.15) is 32.6 Å². The van der Waals surface area contributed by atoms with Crippen LogP contribution < -0.4 is 10.6 Å². The minimum absolute atomic E-state index is 0. The number of nitrogens with zero attached hydrogens (tertiary/aromatic N) is 4. The van der Waals surface area contributed by atoms with Gasteiger partial charge in [-0.2, -0.15) is 0 Å². The van der Waals surface area contributed by atoms with E-state index in [0.29, 0.717) is 18.5 Å². The molecular formula is C21H41IN6O2. The van der Waals surface area contributed by atoms with Crippen LogP contribution in [0.3, 0.4) is 0 Å². The average Bonchev–Trinajstić information content (AvgIpc) is 3.55. The zero-order chi connectivity index (χ0) is 20.5. The molecule has 0 spiro atoms. The molecule has 0 atom stereocenters. The van der Waals surface area contributed by atoms with Crippen molar-refractivity contribution >= 4 is 35.8 Å². The maximum atomic E-state index is 12.0. The first-order valence-corrected chi connectivity index (χ1v) is 11.4. The van der Waals surface area contributed by atoms with Crippen LogP contribution in [0.2, 0.25) is 0 Å². The lowest BCUT2D eigenvalue weighted by Gasteiger charge is -2.36. The highest BCUT2D eigenvalue weighted by Gasteiger charge is 2.26. The van der Waals surface area contributed by atoms with E-state index in [1.165, 1.54) is 12.8 Å². The molecule has 0 unspecified atom stereocenters. The average molecular weight is 537 g/mol. The van der Waals surface area contributed by atoms with Crippen LogP contribution in [-0.2, 0) is 9.53 Å². The molecule has 0 radical (unpaired) electrons. The van der Waals surface area contributed by atoms with Crippen LogP contribution in [0.5, 0.6) is 0 Å². The Bertz CT molecular complexity index is 530. The summed E-state index contributed by atoms with van der Waals surface area (Å²) in [6.45, 7) is 12.3. The van der Waals surface area contributed by atoms with Gasteiger partial charge in [0.1, 0.15) is 0 Å². The lowest BCUT2D eigenvalue weighted by molar-refractivity contribution is -0.122. The Labute approximate surface area is 199 Å². The predicted molar refractivity (Wildman–Crippen MR) is 132 cm³/mol. The van der Waals surface area contributed by atoms with E-state index in [4.69, 9.17) is 9.73 Å². The Hall–Kier alpha value is -0.650. The third-order valence-corrected chi connectivity index (χ3v) is 6.13. The smallest absolute Gasteiger partial charge is 0.234 e. The zero-order valence-corrected chi connectivity index (χ0v) is 21.1. The normalized spacial score (nSPS) is 21.9. The van der Waals surface area contributed by atoms with Crippen molar-refractivity contribution in [1.82, 2.24) is 25.3 Å². The Morgan fingerprint density at radius 2 is 1.73 bits per heavy atom. The lowest BCUT2D eigenvalue weighted by Crippen LogP contribution is -2.54. The molecule has 2 aliphatic heterocycles. The molecule has 1 amide bonds. The van der Waals surface area contributed by atoms with Gasteiger partial charge in [0.25, 0.3) is 0 Å². The summed E-state index contributed by atoms with van der Waals surface area (Å²) in [7, 11) is 1.77. The Balaban J connectivity index is 0.00000320. The second kappa shape index (κ2) is 13.7. The molecule has 9 heteroatoms. The van der Waals surface area contributed by atoms with Crippen LogP contribution >= 0.6 is 24.0 Å². The van der Waals surface area contributed by atoms with Crippen molar-refractivity contribution in [3.8, 4) is 0 Å². The van der Waals surface area contributed by atoms with Crippen LogP contribution in [0.25, 0.3) is 0 Å². The third kappa shape index (κ3) is 8.84. The fraction of sp³-hybridized carbons (Fsp3) is 0.905. The van der Waals surface area contributed by atoms with Gasteiger partial charge in [0, 0.05) is 59.0 Å². The molecule has 2 heterocycles. The molecule has 3 rings (SSSR count). The van der Waals surface area contributed by atoms with E-state index < -0.39 is 0 Å². The summed E-state index contributed by atoms with van der Waals surface area (Å²) in [5, 5.41) is 6.56. The summed E-state index contributed by atoms with van der Waals surface area (Å²) < 4.78 is 5.19. The fourth-order valence-corrected chi connectivity index (χ4v) is 4.08. The van der Waals surface area contributed by atoms with E-state index >= 15 is 0 Å². The van der Waals surface area contributed by atoms with Crippen molar-refractivity contribution in [2.75, 3.05) is 79.2 Å². The van der Waals surface area contributed by atoms with Crippen molar-refractivity contribution in [3.63, 3.8) is 0 Å². The SMILES string of the molecule is CCNC(=NCC1CCN(CCOC)CC1)N1CCN(CC(=O)NC2CC2)CC1.I. The van der Waals surface area contributed by atoms with E-state index in [9.17, 15) is 4.79 Å². The van der Waals surface area contributed by atoms with E-state index in [0.717, 1.165) is 84.3 Å². The quantitative estimate of drug-likeness (QED) is 0.259. The molecule has 0 aromatic rings. The largest absolute Gasteiger partial charge is 0.383 e. The van der Waals surface area contributed by atoms with Gasteiger partial charge in [0.2, 0.25) is 5.91 Å². The lowest BCUT2D eigenvalue weighted by atomic mass is 9.97. The second-order valence-electron chi connectivity index (χ2n) is 8.58. The van der Waals surface area contributed by atoms with Crippen LogP contribution in [0.15, 0.2) is 4.99 Å². The molecule has 174 valence electrons. The van der Waals surface area contributed by atoms with Crippen LogP contribution in [0.4, 0.5) is 0 Å². The Kier molecular flexibility index (Phi) is 11.7. The molecule has 0 aromatic heterocycles. The van der Waals surface area contributed by atoms with Gasteiger partial charge in [0.15, 0.2) is 5.96 Å². The minimum atomic E-state index is 0. The number of hydrogen-bond acceptors (Lipinski definition) is 5. The molecular weight excluding hydrogens is 495 g/mol. The van der Waals surface area contributed by atoms with Crippen molar-refractivity contribution in [3.05, 3.63) is 0 Å². The number of likely N-dealkylation sites (tertiary alicyclic amines) is 1. The van der Waals surface area contributed by atoms with Gasteiger partial charge < -0.3 is 25.2 Å². The van der Waals surface area contributed by atoms with Crippen molar-refractivity contribution in [2.45, 2.75) is 38.6 Å². The number of halogens is 1. The summed E-state index contributed by atoms with van der Waals surface area (Å²) in [5.41, 5.74) is 0. The molecule has 0 aromatic carbocycles. The first-order valence-electron chi connectivity index (χ1n) is 11.4. The highest BCUT2D eigenvalue weighted by molar-refractivity contribution is 14.0. The molecule has 3 fully saturated rings. The number of aliphatic imine (C=N–C) groups is 1.